The quantitative estimate of drug-likeness (QED) is 0.908. The predicted molar refractivity (Wildman–Crippen MR) is 83.5 cm³/mol. The summed E-state index contributed by atoms with van der Waals surface area (Å²) in [6.45, 7) is 5.95. The molecule has 1 heterocycles. The van der Waals surface area contributed by atoms with E-state index < -0.39 is 0 Å². The Balaban J connectivity index is 2.15. The number of hydrogen-bond acceptors (Lipinski definition) is 4. The normalized spacial score (nSPS) is 12.2. The van der Waals surface area contributed by atoms with Crippen molar-refractivity contribution in [2.24, 2.45) is 0 Å². The average Bonchev–Trinajstić information content (AvgIpc) is 2.89. The van der Waals surface area contributed by atoms with Crippen LogP contribution in [0.4, 0.5) is 5.13 Å². The molecule has 0 radical (unpaired) electrons. The number of amides is 1. The van der Waals surface area contributed by atoms with Crippen LogP contribution in [0.15, 0.2) is 23.6 Å². The van der Waals surface area contributed by atoms with Crippen LogP contribution in [0, 0.1) is 13.8 Å². The van der Waals surface area contributed by atoms with Crippen molar-refractivity contribution in [1.29, 1.82) is 0 Å². The molecule has 0 saturated heterocycles. The minimum atomic E-state index is -0.107. The highest BCUT2D eigenvalue weighted by Gasteiger charge is 2.13. The molecule has 4 nitrogen and oxygen atoms in total. The van der Waals surface area contributed by atoms with Gasteiger partial charge >= 0.3 is 0 Å². The number of thiazole rings is 1. The van der Waals surface area contributed by atoms with Crippen molar-refractivity contribution in [3.63, 3.8) is 0 Å². The number of anilines is 1. The van der Waals surface area contributed by atoms with E-state index in [-0.39, 0.29) is 11.9 Å². The molecule has 1 unspecified atom stereocenters. The molecule has 0 aliphatic rings. The molecule has 1 atom stereocenters. The fourth-order valence-corrected chi connectivity index (χ4v) is 2.63. The highest BCUT2D eigenvalue weighted by molar-refractivity contribution is 7.14. The lowest BCUT2D eigenvalue weighted by Crippen LogP contribution is -2.15. The first kappa shape index (κ1) is 14.7. The molecule has 5 heteroatoms. The third-order valence-electron chi connectivity index (χ3n) is 3.26. The maximum absolute atomic E-state index is 12.3. The molecule has 0 saturated carbocycles. The van der Waals surface area contributed by atoms with Crippen LogP contribution in [0.2, 0.25) is 0 Å². The molecule has 2 aromatic rings. The van der Waals surface area contributed by atoms with Gasteiger partial charge in [0, 0.05) is 17.0 Å². The molecule has 2 N–H and O–H groups in total. The standard InChI is InChI=1S/C15H19N3OS/c1-9-5-6-10(2)12(7-9)14(19)18-15-17-13(8-20-15)11(3)16-4/h5-8,11,16H,1-4H3,(H,17,18,19). The minimum Gasteiger partial charge on any atom is -0.312 e. The van der Waals surface area contributed by atoms with Gasteiger partial charge in [0.15, 0.2) is 5.13 Å². The maximum Gasteiger partial charge on any atom is 0.257 e. The van der Waals surface area contributed by atoms with Gasteiger partial charge in [-0.15, -0.1) is 11.3 Å². The number of rotatable bonds is 4. The zero-order chi connectivity index (χ0) is 14.7. The summed E-state index contributed by atoms with van der Waals surface area (Å²) in [7, 11) is 1.89. The molecule has 2 rings (SSSR count). The molecule has 0 aliphatic carbocycles. The number of benzene rings is 1. The second kappa shape index (κ2) is 6.15. The van der Waals surface area contributed by atoms with Crippen molar-refractivity contribution in [3.8, 4) is 0 Å². The lowest BCUT2D eigenvalue weighted by molar-refractivity contribution is 0.102. The highest BCUT2D eigenvalue weighted by atomic mass is 32.1. The number of aromatic nitrogens is 1. The fourth-order valence-electron chi connectivity index (χ4n) is 1.84. The molecule has 106 valence electrons. The van der Waals surface area contributed by atoms with Crippen LogP contribution in [0.25, 0.3) is 0 Å². The zero-order valence-corrected chi connectivity index (χ0v) is 13.0. The summed E-state index contributed by atoms with van der Waals surface area (Å²) in [5, 5.41) is 8.58. The summed E-state index contributed by atoms with van der Waals surface area (Å²) in [5.74, 6) is -0.107. The van der Waals surface area contributed by atoms with E-state index in [0.717, 1.165) is 16.8 Å². The van der Waals surface area contributed by atoms with Crippen LogP contribution in [0.3, 0.4) is 0 Å². The van der Waals surface area contributed by atoms with E-state index >= 15 is 0 Å². The Morgan fingerprint density at radius 1 is 1.35 bits per heavy atom. The zero-order valence-electron chi connectivity index (χ0n) is 12.2. The Morgan fingerprint density at radius 2 is 2.10 bits per heavy atom. The summed E-state index contributed by atoms with van der Waals surface area (Å²) in [4.78, 5) is 16.7. The van der Waals surface area contributed by atoms with Gasteiger partial charge in [-0.25, -0.2) is 4.98 Å². The van der Waals surface area contributed by atoms with Crippen molar-refractivity contribution in [2.45, 2.75) is 26.8 Å². The number of carbonyl (C=O) groups is 1. The topological polar surface area (TPSA) is 54.0 Å². The van der Waals surface area contributed by atoms with Crippen LogP contribution in [0.5, 0.6) is 0 Å². The molecule has 0 aliphatic heterocycles. The molecule has 0 fully saturated rings. The lowest BCUT2D eigenvalue weighted by Gasteiger charge is -2.07. The van der Waals surface area contributed by atoms with Gasteiger partial charge in [-0.05, 0) is 39.4 Å². The third kappa shape index (κ3) is 3.23. The molecule has 20 heavy (non-hydrogen) atoms. The SMILES string of the molecule is CNC(C)c1csc(NC(=O)c2cc(C)ccc2C)n1. The van der Waals surface area contributed by atoms with Crippen molar-refractivity contribution in [3.05, 3.63) is 46.0 Å². The van der Waals surface area contributed by atoms with E-state index in [1.165, 1.54) is 11.3 Å². The molecule has 0 spiro atoms. The van der Waals surface area contributed by atoms with Crippen molar-refractivity contribution in [2.75, 3.05) is 12.4 Å². The molecule has 1 amide bonds. The van der Waals surface area contributed by atoms with Crippen molar-refractivity contribution < 1.29 is 4.79 Å². The summed E-state index contributed by atoms with van der Waals surface area (Å²) < 4.78 is 0. The molecular formula is C15H19N3OS. The summed E-state index contributed by atoms with van der Waals surface area (Å²) in [5.41, 5.74) is 3.68. The Labute approximate surface area is 123 Å². The van der Waals surface area contributed by atoms with Gasteiger partial charge in [-0.1, -0.05) is 17.7 Å². The summed E-state index contributed by atoms with van der Waals surface area (Å²) >= 11 is 1.44. The second-order valence-electron chi connectivity index (χ2n) is 4.86. The van der Waals surface area contributed by atoms with Crippen LogP contribution in [-0.4, -0.2) is 17.9 Å². The number of nitrogens with zero attached hydrogens (tertiary/aromatic N) is 1. The van der Waals surface area contributed by atoms with Crippen LogP contribution in [-0.2, 0) is 0 Å². The number of carbonyl (C=O) groups excluding carboxylic acids is 1. The van der Waals surface area contributed by atoms with Gasteiger partial charge in [-0.2, -0.15) is 0 Å². The predicted octanol–water partition coefficient (Wildman–Crippen LogP) is 3.29. The number of nitrogens with one attached hydrogen (secondary N) is 2. The third-order valence-corrected chi connectivity index (χ3v) is 4.03. The lowest BCUT2D eigenvalue weighted by atomic mass is 10.1. The van der Waals surface area contributed by atoms with Crippen molar-refractivity contribution >= 4 is 22.4 Å². The smallest absolute Gasteiger partial charge is 0.257 e. The van der Waals surface area contributed by atoms with E-state index in [0.29, 0.717) is 10.7 Å². The van der Waals surface area contributed by atoms with Crippen LogP contribution < -0.4 is 10.6 Å². The first-order valence-electron chi connectivity index (χ1n) is 6.52. The van der Waals surface area contributed by atoms with Gasteiger partial charge in [0.25, 0.3) is 5.91 Å². The first-order chi connectivity index (χ1) is 9.51. The Kier molecular flexibility index (Phi) is 4.52. The largest absolute Gasteiger partial charge is 0.312 e. The minimum absolute atomic E-state index is 0.107. The van der Waals surface area contributed by atoms with Gasteiger partial charge in [0.1, 0.15) is 0 Å². The van der Waals surface area contributed by atoms with Crippen LogP contribution in [0.1, 0.15) is 40.1 Å². The molecular weight excluding hydrogens is 270 g/mol. The monoisotopic (exact) mass is 289 g/mol. The first-order valence-corrected chi connectivity index (χ1v) is 7.40. The van der Waals surface area contributed by atoms with E-state index in [2.05, 4.69) is 15.6 Å². The highest BCUT2D eigenvalue weighted by Crippen LogP contribution is 2.21. The Bertz CT molecular complexity index is 621. The summed E-state index contributed by atoms with van der Waals surface area (Å²) in [6, 6.07) is 6.04. The fraction of sp³-hybridized carbons (Fsp3) is 0.333. The number of hydrogen-bond donors (Lipinski definition) is 2. The molecule has 1 aromatic carbocycles. The number of aryl methyl sites for hydroxylation is 2. The average molecular weight is 289 g/mol. The molecule has 1 aromatic heterocycles. The summed E-state index contributed by atoms with van der Waals surface area (Å²) in [6.07, 6.45) is 0. The molecule has 0 bridgehead atoms. The van der Waals surface area contributed by atoms with E-state index in [9.17, 15) is 4.79 Å². The maximum atomic E-state index is 12.3. The Morgan fingerprint density at radius 3 is 2.80 bits per heavy atom. The second-order valence-corrected chi connectivity index (χ2v) is 5.72. The van der Waals surface area contributed by atoms with E-state index in [4.69, 9.17) is 0 Å². The van der Waals surface area contributed by atoms with Gasteiger partial charge in [0.2, 0.25) is 0 Å². The Hall–Kier alpha value is -1.72. The van der Waals surface area contributed by atoms with E-state index in [1.807, 2.05) is 51.4 Å². The van der Waals surface area contributed by atoms with E-state index in [1.54, 1.807) is 0 Å². The van der Waals surface area contributed by atoms with Gasteiger partial charge < -0.3 is 5.32 Å². The van der Waals surface area contributed by atoms with Crippen molar-refractivity contribution in [1.82, 2.24) is 10.3 Å². The van der Waals surface area contributed by atoms with Gasteiger partial charge in [0.05, 0.1) is 5.69 Å². The van der Waals surface area contributed by atoms with Gasteiger partial charge in [-0.3, -0.25) is 10.1 Å². The van der Waals surface area contributed by atoms with Crippen LogP contribution >= 0.6 is 11.3 Å².